The van der Waals surface area contributed by atoms with Crippen molar-refractivity contribution in [2.45, 2.75) is 19.4 Å². The summed E-state index contributed by atoms with van der Waals surface area (Å²) in [7, 11) is 1.32. The first kappa shape index (κ1) is 11.0. The summed E-state index contributed by atoms with van der Waals surface area (Å²) in [6.45, 7) is 1.98. The van der Waals surface area contributed by atoms with Crippen molar-refractivity contribution in [3.63, 3.8) is 0 Å². The lowest BCUT2D eigenvalue weighted by molar-refractivity contribution is 0.0603. The Morgan fingerprint density at radius 2 is 2.28 bits per heavy atom. The van der Waals surface area contributed by atoms with Crippen LogP contribution in [-0.2, 0) is 11.2 Å². The van der Waals surface area contributed by atoms with Gasteiger partial charge in [0.1, 0.15) is 23.0 Å². The van der Waals surface area contributed by atoms with E-state index in [4.69, 9.17) is 19.6 Å². The van der Waals surface area contributed by atoms with Crippen LogP contribution >= 0.6 is 0 Å². The minimum atomic E-state index is -0.487. The van der Waals surface area contributed by atoms with Crippen LogP contribution in [0.5, 0.6) is 5.75 Å². The number of ether oxygens (including phenoxy) is 2. The van der Waals surface area contributed by atoms with Gasteiger partial charge in [0, 0.05) is 17.4 Å². The van der Waals surface area contributed by atoms with E-state index < -0.39 is 5.97 Å². The van der Waals surface area contributed by atoms with Crippen molar-refractivity contribution >= 4 is 22.8 Å². The molecule has 2 heterocycles. The fourth-order valence-corrected chi connectivity index (χ4v) is 2.42. The molecule has 1 atom stereocenters. The van der Waals surface area contributed by atoms with E-state index in [0.29, 0.717) is 16.5 Å². The highest BCUT2D eigenvalue weighted by atomic mass is 16.5. The standard InChI is InChI=1S/C13H13NO4/c1-6-5-7-8(17-6)3-4-9-10(7)11(12(14)18-9)13(15)16-2/h3-4,6H,5,14H2,1-2H3. The van der Waals surface area contributed by atoms with Crippen LogP contribution < -0.4 is 10.5 Å². The Kier molecular flexibility index (Phi) is 2.23. The van der Waals surface area contributed by atoms with E-state index >= 15 is 0 Å². The van der Waals surface area contributed by atoms with Gasteiger partial charge in [-0.05, 0) is 19.1 Å². The van der Waals surface area contributed by atoms with Gasteiger partial charge in [-0.3, -0.25) is 0 Å². The van der Waals surface area contributed by atoms with Gasteiger partial charge in [0.05, 0.1) is 7.11 Å². The number of fused-ring (bicyclic) bond motifs is 3. The lowest BCUT2D eigenvalue weighted by Gasteiger charge is -2.01. The number of esters is 1. The lowest BCUT2D eigenvalue weighted by atomic mass is 10.0. The Balaban J connectivity index is 2.33. The van der Waals surface area contributed by atoms with Gasteiger partial charge in [0.2, 0.25) is 5.88 Å². The highest BCUT2D eigenvalue weighted by molar-refractivity contribution is 6.09. The second-order valence-corrected chi connectivity index (χ2v) is 4.38. The largest absolute Gasteiger partial charge is 0.490 e. The van der Waals surface area contributed by atoms with Crippen molar-refractivity contribution in [3.05, 3.63) is 23.3 Å². The molecule has 1 aliphatic heterocycles. The Morgan fingerprint density at radius 3 is 3.00 bits per heavy atom. The minimum absolute atomic E-state index is 0.0878. The maximum atomic E-state index is 11.8. The highest BCUT2D eigenvalue weighted by Gasteiger charge is 2.28. The van der Waals surface area contributed by atoms with Crippen LogP contribution in [0.25, 0.3) is 11.0 Å². The topological polar surface area (TPSA) is 74.7 Å². The first-order valence-corrected chi connectivity index (χ1v) is 5.70. The van der Waals surface area contributed by atoms with Crippen molar-refractivity contribution in [1.82, 2.24) is 0 Å². The Labute approximate surface area is 103 Å². The zero-order chi connectivity index (χ0) is 12.9. The molecule has 0 fully saturated rings. The third-order valence-corrected chi connectivity index (χ3v) is 3.16. The van der Waals surface area contributed by atoms with Crippen LogP contribution in [0.15, 0.2) is 16.5 Å². The van der Waals surface area contributed by atoms with Gasteiger partial charge in [0.25, 0.3) is 0 Å². The molecule has 0 radical (unpaired) electrons. The Hall–Kier alpha value is -2.17. The lowest BCUT2D eigenvalue weighted by Crippen LogP contribution is -2.06. The van der Waals surface area contributed by atoms with E-state index in [1.807, 2.05) is 13.0 Å². The molecular weight excluding hydrogens is 234 g/mol. The molecule has 0 spiro atoms. The van der Waals surface area contributed by atoms with E-state index in [0.717, 1.165) is 17.7 Å². The third-order valence-electron chi connectivity index (χ3n) is 3.16. The second-order valence-electron chi connectivity index (χ2n) is 4.38. The molecule has 2 aromatic rings. The van der Waals surface area contributed by atoms with Gasteiger partial charge in [-0.25, -0.2) is 4.79 Å². The van der Waals surface area contributed by atoms with E-state index in [1.54, 1.807) is 6.07 Å². The number of nitrogens with two attached hydrogens (primary N) is 1. The number of hydrogen-bond donors (Lipinski definition) is 1. The van der Waals surface area contributed by atoms with E-state index in [1.165, 1.54) is 7.11 Å². The fraction of sp³-hybridized carbons (Fsp3) is 0.308. The SMILES string of the molecule is COC(=O)c1c(N)oc2ccc3c(c12)CC(C)O3. The number of methoxy groups -OCH3 is 1. The second kappa shape index (κ2) is 3.66. The molecule has 2 N–H and O–H groups in total. The average molecular weight is 247 g/mol. The van der Waals surface area contributed by atoms with Crippen LogP contribution in [-0.4, -0.2) is 19.2 Å². The van der Waals surface area contributed by atoms with Crippen molar-refractivity contribution in [2.24, 2.45) is 0 Å². The van der Waals surface area contributed by atoms with E-state index in [9.17, 15) is 4.79 Å². The summed E-state index contributed by atoms with van der Waals surface area (Å²) in [4.78, 5) is 11.8. The number of furan rings is 1. The fourth-order valence-electron chi connectivity index (χ4n) is 2.42. The van der Waals surface area contributed by atoms with Crippen molar-refractivity contribution in [1.29, 1.82) is 0 Å². The predicted octanol–water partition coefficient (Wildman–Crippen LogP) is 2.12. The molecule has 0 aliphatic carbocycles. The zero-order valence-corrected chi connectivity index (χ0v) is 10.1. The van der Waals surface area contributed by atoms with Crippen LogP contribution in [0.1, 0.15) is 22.8 Å². The Morgan fingerprint density at radius 1 is 1.50 bits per heavy atom. The van der Waals surface area contributed by atoms with Gasteiger partial charge in [0.15, 0.2) is 0 Å². The molecule has 1 aromatic carbocycles. The number of rotatable bonds is 1. The van der Waals surface area contributed by atoms with Gasteiger partial charge in [-0.2, -0.15) is 0 Å². The molecule has 0 amide bonds. The summed E-state index contributed by atoms with van der Waals surface area (Å²) in [5, 5.41) is 0.709. The summed E-state index contributed by atoms with van der Waals surface area (Å²) in [6.07, 6.45) is 0.822. The molecule has 1 aliphatic rings. The molecule has 5 nitrogen and oxygen atoms in total. The summed E-state index contributed by atoms with van der Waals surface area (Å²) >= 11 is 0. The molecular formula is C13H13NO4. The smallest absolute Gasteiger partial charge is 0.344 e. The highest BCUT2D eigenvalue weighted by Crippen LogP contribution is 2.40. The van der Waals surface area contributed by atoms with Crippen LogP contribution in [0.4, 0.5) is 5.88 Å². The monoisotopic (exact) mass is 247 g/mol. The third kappa shape index (κ3) is 1.37. The maximum absolute atomic E-state index is 11.8. The van der Waals surface area contributed by atoms with Crippen molar-refractivity contribution < 1.29 is 18.7 Å². The summed E-state index contributed by atoms with van der Waals surface area (Å²) in [5.41, 5.74) is 7.59. The number of anilines is 1. The molecule has 18 heavy (non-hydrogen) atoms. The molecule has 0 saturated carbocycles. The van der Waals surface area contributed by atoms with Gasteiger partial charge in [-0.1, -0.05) is 0 Å². The summed E-state index contributed by atoms with van der Waals surface area (Å²) in [6, 6.07) is 3.60. The zero-order valence-electron chi connectivity index (χ0n) is 10.1. The molecule has 5 heteroatoms. The first-order valence-electron chi connectivity index (χ1n) is 5.70. The normalized spacial score (nSPS) is 17.6. The predicted molar refractivity (Wildman–Crippen MR) is 65.8 cm³/mol. The number of hydrogen-bond acceptors (Lipinski definition) is 5. The molecule has 0 saturated heterocycles. The number of carbonyl (C=O) groups excluding carboxylic acids is 1. The van der Waals surface area contributed by atoms with Crippen molar-refractivity contribution in [2.75, 3.05) is 12.8 Å². The maximum Gasteiger partial charge on any atom is 0.344 e. The number of carbonyl (C=O) groups is 1. The van der Waals surface area contributed by atoms with Crippen molar-refractivity contribution in [3.8, 4) is 5.75 Å². The summed E-state index contributed by atoms with van der Waals surface area (Å²) < 4.78 is 15.8. The average Bonchev–Trinajstić information content (AvgIpc) is 2.86. The van der Waals surface area contributed by atoms with Crippen LogP contribution in [0.2, 0.25) is 0 Å². The first-order chi connectivity index (χ1) is 8.61. The van der Waals surface area contributed by atoms with Gasteiger partial charge >= 0.3 is 5.97 Å². The number of benzene rings is 1. The molecule has 0 bridgehead atoms. The number of nitrogen functional groups attached to an aromatic ring is 1. The molecule has 1 aromatic heterocycles. The van der Waals surface area contributed by atoms with E-state index in [-0.39, 0.29) is 12.0 Å². The molecule has 3 rings (SSSR count). The quantitative estimate of drug-likeness (QED) is 0.781. The molecule has 1 unspecified atom stereocenters. The molecule has 94 valence electrons. The van der Waals surface area contributed by atoms with Crippen LogP contribution in [0, 0.1) is 0 Å². The van der Waals surface area contributed by atoms with E-state index in [2.05, 4.69) is 0 Å². The Bertz CT molecular complexity index is 644. The summed E-state index contributed by atoms with van der Waals surface area (Å²) in [5.74, 6) is 0.380. The van der Waals surface area contributed by atoms with Gasteiger partial charge in [-0.15, -0.1) is 0 Å². The minimum Gasteiger partial charge on any atom is -0.490 e. The van der Waals surface area contributed by atoms with Gasteiger partial charge < -0.3 is 19.6 Å². The van der Waals surface area contributed by atoms with Crippen LogP contribution in [0.3, 0.4) is 0 Å².